The summed E-state index contributed by atoms with van der Waals surface area (Å²) in [6.45, 7) is 2.85. The van der Waals surface area contributed by atoms with Crippen LogP contribution in [0.25, 0.3) is 0 Å². The normalized spacial score (nSPS) is 31.1. The Morgan fingerprint density at radius 3 is 2.20 bits per heavy atom. The van der Waals surface area contributed by atoms with Crippen LogP contribution in [0, 0.1) is 5.41 Å². The number of hydrogen-bond donors (Lipinski definition) is 1. The molecule has 4 heteroatoms. The molecular formula is C11H18N2O2. The summed E-state index contributed by atoms with van der Waals surface area (Å²) >= 11 is 0. The average Bonchev–Trinajstić information content (AvgIpc) is 3.13. The molecule has 0 spiro atoms. The minimum atomic E-state index is -0.176. The second kappa shape index (κ2) is 2.95. The number of carbonyl (C=O) groups excluding carboxylic acids is 1. The predicted molar refractivity (Wildman–Crippen MR) is 55.2 cm³/mol. The van der Waals surface area contributed by atoms with Crippen molar-refractivity contribution in [3.05, 3.63) is 0 Å². The number of nitrogens with two attached hydrogens (primary N) is 1. The Morgan fingerprint density at radius 1 is 1.13 bits per heavy atom. The van der Waals surface area contributed by atoms with Crippen LogP contribution in [0.3, 0.4) is 0 Å². The first-order chi connectivity index (χ1) is 7.18. The van der Waals surface area contributed by atoms with E-state index in [1.165, 1.54) is 0 Å². The highest BCUT2D eigenvalue weighted by molar-refractivity contribution is 5.87. The Kier molecular flexibility index (Phi) is 1.89. The summed E-state index contributed by atoms with van der Waals surface area (Å²) in [5.41, 5.74) is 5.89. The van der Waals surface area contributed by atoms with Crippen molar-refractivity contribution in [1.29, 1.82) is 0 Å². The molecule has 2 saturated carbocycles. The molecule has 1 heterocycles. The number of amides is 1. The van der Waals surface area contributed by atoms with Gasteiger partial charge in [0.2, 0.25) is 5.91 Å². The third-order valence-electron chi connectivity index (χ3n) is 4.20. The standard InChI is InChI=1S/C11H18N2O2/c12-11(3-4-11)10(1-2-10)9(14)13-5-7-15-8-6-13/h1-8,12H2. The largest absolute Gasteiger partial charge is 0.378 e. The fourth-order valence-corrected chi connectivity index (χ4v) is 2.73. The van der Waals surface area contributed by atoms with Gasteiger partial charge in [-0.1, -0.05) is 0 Å². The first-order valence-corrected chi connectivity index (χ1v) is 5.84. The molecule has 84 valence electrons. The summed E-state index contributed by atoms with van der Waals surface area (Å²) in [7, 11) is 0. The molecule has 0 aromatic carbocycles. The van der Waals surface area contributed by atoms with E-state index in [1.54, 1.807) is 0 Å². The highest BCUT2D eigenvalue weighted by Gasteiger charge is 2.68. The monoisotopic (exact) mass is 210 g/mol. The van der Waals surface area contributed by atoms with Crippen LogP contribution in [0.15, 0.2) is 0 Å². The maximum absolute atomic E-state index is 12.4. The summed E-state index contributed by atoms with van der Waals surface area (Å²) in [5.74, 6) is 0.297. The fraction of sp³-hybridized carbons (Fsp3) is 0.909. The quantitative estimate of drug-likeness (QED) is 0.704. The number of carbonyl (C=O) groups is 1. The smallest absolute Gasteiger partial charge is 0.230 e. The minimum Gasteiger partial charge on any atom is -0.378 e. The summed E-state index contributed by atoms with van der Waals surface area (Å²) in [5, 5.41) is 0. The van der Waals surface area contributed by atoms with Crippen LogP contribution in [0.5, 0.6) is 0 Å². The van der Waals surface area contributed by atoms with Gasteiger partial charge in [0.15, 0.2) is 0 Å². The van der Waals surface area contributed by atoms with Gasteiger partial charge in [0.05, 0.1) is 18.6 Å². The van der Waals surface area contributed by atoms with Crippen molar-refractivity contribution in [2.24, 2.45) is 11.1 Å². The molecule has 3 rings (SSSR count). The van der Waals surface area contributed by atoms with Gasteiger partial charge in [-0.15, -0.1) is 0 Å². The van der Waals surface area contributed by atoms with Crippen LogP contribution < -0.4 is 5.73 Å². The number of hydrogen-bond acceptors (Lipinski definition) is 3. The Bertz CT molecular complexity index is 289. The summed E-state index contributed by atoms with van der Waals surface area (Å²) in [4.78, 5) is 14.3. The molecular weight excluding hydrogens is 192 g/mol. The van der Waals surface area contributed by atoms with Crippen molar-refractivity contribution in [3.63, 3.8) is 0 Å². The average molecular weight is 210 g/mol. The van der Waals surface area contributed by atoms with Crippen LogP contribution in [-0.4, -0.2) is 42.6 Å². The van der Waals surface area contributed by atoms with Crippen molar-refractivity contribution < 1.29 is 9.53 Å². The van der Waals surface area contributed by atoms with Crippen LogP contribution in [0.1, 0.15) is 25.7 Å². The first-order valence-electron chi connectivity index (χ1n) is 5.84. The van der Waals surface area contributed by atoms with E-state index >= 15 is 0 Å². The zero-order valence-electron chi connectivity index (χ0n) is 9.00. The van der Waals surface area contributed by atoms with E-state index in [1.807, 2.05) is 4.90 Å². The molecule has 1 saturated heterocycles. The van der Waals surface area contributed by atoms with Gasteiger partial charge < -0.3 is 15.4 Å². The highest BCUT2D eigenvalue weighted by atomic mass is 16.5. The molecule has 1 aliphatic heterocycles. The van der Waals surface area contributed by atoms with E-state index < -0.39 is 0 Å². The van der Waals surface area contributed by atoms with Gasteiger partial charge in [0.1, 0.15) is 0 Å². The minimum absolute atomic E-state index is 0.150. The predicted octanol–water partition coefficient (Wildman–Crippen LogP) is 0.117. The third kappa shape index (κ3) is 1.31. The van der Waals surface area contributed by atoms with Crippen molar-refractivity contribution in [2.45, 2.75) is 31.2 Å². The molecule has 15 heavy (non-hydrogen) atoms. The lowest BCUT2D eigenvalue weighted by molar-refractivity contribution is -0.142. The molecule has 3 fully saturated rings. The molecule has 2 N–H and O–H groups in total. The Hall–Kier alpha value is -0.610. The molecule has 0 unspecified atom stereocenters. The van der Waals surface area contributed by atoms with E-state index in [9.17, 15) is 4.79 Å². The molecule has 4 nitrogen and oxygen atoms in total. The molecule has 1 amide bonds. The number of nitrogens with zero attached hydrogens (tertiary/aromatic N) is 1. The molecule has 2 aliphatic carbocycles. The molecule has 0 aromatic rings. The Morgan fingerprint density at radius 2 is 1.73 bits per heavy atom. The van der Waals surface area contributed by atoms with Crippen LogP contribution in [0.2, 0.25) is 0 Å². The molecule has 0 atom stereocenters. The first kappa shape index (κ1) is 9.60. The van der Waals surface area contributed by atoms with Crippen molar-refractivity contribution >= 4 is 5.91 Å². The van der Waals surface area contributed by atoms with Crippen molar-refractivity contribution in [3.8, 4) is 0 Å². The fourth-order valence-electron chi connectivity index (χ4n) is 2.73. The Balaban J connectivity index is 1.73. The van der Waals surface area contributed by atoms with E-state index in [0.717, 1.165) is 38.8 Å². The van der Waals surface area contributed by atoms with Gasteiger partial charge in [-0.2, -0.15) is 0 Å². The molecule has 0 radical (unpaired) electrons. The van der Waals surface area contributed by atoms with Crippen LogP contribution in [-0.2, 0) is 9.53 Å². The lowest BCUT2D eigenvalue weighted by Crippen LogP contribution is -2.50. The SMILES string of the molecule is NC1(C2(C(=O)N3CCOCC3)CC2)CC1. The van der Waals surface area contributed by atoms with Gasteiger partial charge in [0.25, 0.3) is 0 Å². The maximum atomic E-state index is 12.4. The van der Waals surface area contributed by atoms with Gasteiger partial charge >= 0.3 is 0 Å². The summed E-state index contributed by atoms with van der Waals surface area (Å²) in [6, 6.07) is 0. The van der Waals surface area contributed by atoms with E-state index in [2.05, 4.69) is 0 Å². The maximum Gasteiger partial charge on any atom is 0.230 e. The van der Waals surface area contributed by atoms with Crippen molar-refractivity contribution in [1.82, 2.24) is 4.90 Å². The molecule has 0 bridgehead atoms. The van der Waals surface area contributed by atoms with E-state index in [-0.39, 0.29) is 11.0 Å². The van der Waals surface area contributed by atoms with Gasteiger partial charge in [0, 0.05) is 18.6 Å². The zero-order chi connectivity index (χ0) is 10.5. The second-order valence-electron chi connectivity index (χ2n) is 5.14. The van der Waals surface area contributed by atoms with Crippen LogP contribution >= 0.6 is 0 Å². The van der Waals surface area contributed by atoms with Gasteiger partial charge in [-0.05, 0) is 25.7 Å². The summed E-state index contributed by atoms with van der Waals surface area (Å²) < 4.78 is 5.26. The lowest BCUT2D eigenvalue weighted by Gasteiger charge is -2.33. The summed E-state index contributed by atoms with van der Waals surface area (Å²) in [6.07, 6.45) is 4.06. The lowest BCUT2D eigenvalue weighted by atomic mass is 9.92. The number of ether oxygens (including phenoxy) is 1. The van der Waals surface area contributed by atoms with E-state index in [0.29, 0.717) is 19.1 Å². The second-order valence-corrected chi connectivity index (χ2v) is 5.14. The number of rotatable bonds is 2. The van der Waals surface area contributed by atoms with Gasteiger partial charge in [-0.25, -0.2) is 0 Å². The van der Waals surface area contributed by atoms with E-state index in [4.69, 9.17) is 10.5 Å². The van der Waals surface area contributed by atoms with Crippen LogP contribution in [0.4, 0.5) is 0 Å². The number of morpholine rings is 1. The van der Waals surface area contributed by atoms with Crippen molar-refractivity contribution in [2.75, 3.05) is 26.3 Å². The third-order valence-corrected chi connectivity index (χ3v) is 4.20. The van der Waals surface area contributed by atoms with Gasteiger partial charge in [-0.3, -0.25) is 4.79 Å². The Labute approximate surface area is 89.7 Å². The highest BCUT2D eigenvalue weighted by Crippen LogP contribution is 2.63. The topological polar surface area (TPSA) is 55.6 Å². The zero-order valence-corrected chi connectivity index (χ0v) is 9.00. The molecule has 3 aliphatic rings. The molecule has 0 aromatic heterocycles.